The Morgan fingerprint density at radius 1 is 1.20 bits per heavy atom. The first-order valence-electron chi connectivity index (χ1n) is 6.23. The van der Waals surface area contributed by atoms with Gasteiger partial charge in [0.25, 0.3) is 0 Å². The van der Waals surface area contributed by atoms with E-state index in [4.69, 9.17) is 10.00 Å². The van der Waals surface area contributed by atoms with Crippen LogP contribution in [0.5, 0.6) is 11.6 Å². The number of aryl methyl sites for hydroxylation is 2. The maximum Gasteiger partial charge on any atom is 0.237 e. The van der Waals surface area contributed by atoms with Gasteiger partial charge in [0.05, 0.1) is 0 Å². The summed E-state index contributed by atoms with van der Waals surface area (Å²) < 4.78 is 32.0. The van der Waals surface area contributed by atoms with E-state index in [-0.39, 0.29) is 17.2 Å². The van der Waals surface area contributed by atoms with Crippen molar-refractivity contribution in [1.82, 2.24) is 4.98 Å². The molecule has 0 saturated heterocycles. The first-order chi connectivity index (χ1) is 9.67. The van der Waals surface area contributed by atoms with Gasteiger partial charge in [-0.1, -0.05) is 0 Å². The van der Waals surface area contributed by atoms with E-state index in [0.717, 1.165) is 48.7 Å². The minimum absolute atomic E-state index is 0.0256. The number of benzene rings is 1. The van der Waals surface area contributed by atoms with Crippen molar-refractivity contribution in [2.75, 3.05) is 0 Å². The van der Waals surface area contributed by atoms with Crippen LogP contribution in [0.3, 0.4) is 0 Å². The van der Waals surface area contributed by atoms with E-state index in [0.29, 0.717) is 0 Å². The molecule has 0 atom stereocenters. The van der Waals surface area contributed by atoms with Gasteiger partial charge >= 0.3 is 0 Å². The summed E-state index contributed by atoms with van der Waals surface area (Å²) in [7, 11) is 0. The van der Waals surface area contributed by atoms with E-state index < -0.39 is 11.6 Å². The molecule has 0 bridgehead atoms. The monoisotopic (exact) mass is 272 g/mol. The van der Waals surface area contributed by atoms with Gasteiger partial charge in [-0.15, -0.1) is 0 Å². The van der Waals surface area contributed by atoms with E-state index in [9.17, 15) is 8.78 Å². The lowest BCUT2D eigenvalue weighted by atomic mass is 10.1. The van der Waals surface area contributed by atoms with E-state index in [1.165, 1.54) is 0 Å². The van der Waals surface area contributed by atoms with E-state index >= 15 is 0 Å². The van der Waals surface area contributed by atoms with E-state index in [1.807, 2.05) is 6.07 Å². The van der Waals surface area contributed by atoms with Crippen LogP contribution in [0, 0.1) is 23.0 Å². The highest BCUT2D eigenvalue weighted by atomic mass is 19.1. The topological polar surface area (TPSA) is 45.9 Å². The summed E-state index contributed by atoms with van der Waals surface area (Å²) in [6, 6.07) is 6.60. The summed E-state index contributed by atoms with van der Waals surface area (Å²) >= 11 is 0. The molecule has 1 aliphatic carbocycles. The number of fused-ring (bicyclic) bond motifs is 1. The van der Waals surface area contributed by atoms with E-state index in [2.05, 4.69) is 4.98 Å². The molecule has 1 aliphatic rings. The maximum atomic E-state index is 13.6. The molecule has 0 N–H and O–H groups in total. The smallest absolute Gasteiger partial charge is 0.237 e. The van der Waals surface area contributed by atoms with Crippen molar-refractivity contribution >= 4 is 0 Å². The van der Waals surface area contributed by atoms with Gasteiger partial charge < -0.3 is 4.74 Å². The molecular formula is C15H10F2N2O. The van der Waals surface area contributed by atoms with Crippen LogP contribution >= 0.6 is 0 Å². The SMILES string of the molecule is N#Cc1cc2c(nc1Oc1cc(F)ccc1F)CCC2. The standard InChI is InChI=1S/C15H10F2N2O/c16-11-4-5-12(17)14(7-11)20-15-10(8-18)6-9-2-1-3-13(9)19-15/h4-7H,1-3H2. The number of pyridine rings is 1. The summed E-state index contributed by atoms with van der Waals surface area (Å²) in [6.07, 6.45) is 2.67. The zero-order chi connectivity index (χ0) is 14.1. The van der Waals surface area contributed by atoms with Crippen molar-refractivity contribution in [3.05, 3.63) is 52.7 Å². The third-order valence-electron chi connectivity index (χ3n) is 3.24. The molecule has 20 heavy (non-hydrogen) atoms. The van der Waals surface area contributed by atoms with E-state index in [1.54, 1.807) is 6.07 Å². The lowest BCUT2D eigenvalue weighted by Crippen LogP contribution is -1.98. The lowest BCUT2D eigenvalue weighted by Gasteiger charge is -2.09. The number of ether oxygens (including phenoxy) is 1. The quantitative estimate of drug-likeness (QED) is 0.840. The third kappa shape index (κ3) is 2.21. The van der Waals surface area contributed by atoms with Gasteiger partial charge in [0.2, 0.25) is 5.88 Å². The molecule has 100 valence electrons. The van der Waals surface area contributed by atoms with Gasteiger partial charge in [-0.25, -0.2) is 13.8 Å². The molecule has 5 heteroatoms. The van der Waals surface area contributed by atoms with Crippen LogP contribution in [0.1, 0.15) is 23.2 Å². The number of aromatic nitrogens is 1. The Morgan fingerprint density at radius 3 is 2.85 bits per heavy atom. The maximum absolute atomic E-state index is 13.6. The molecule has 0 fully saturated rings. The second-order valence-electron chi connectivity index (χ2n) is 4.59. The Morgan fingerprint density at radius 2 is 2.05 bits per heavy atom. The molecule has 0 unspecified atom stereocenters. The predicted molar refractivity (Wildman–Crippen MR) is 67.4 cm³/mol. The predicted octanol–water partition coefficient (Wildman–Crippen LogP) is 3.51. The van der Waals surface area contributed by atoms with Gasteiger partial charge in [-0.05, 0) is 43.0 Å². The Labute approximate surface area is 114 Å². The summed E-state index contributed by atoms with van der Waals surface area (Å²) in [5.74, 6) is -1.55. The summed E-state index contributed by atoms with van der Waals surface area (Å²) in [4.78, 5) is 4.26. The van der Waals surface area contributed by atoms with Crippen LogP contribution in [-0.2, 0) is 12.8 Å². The second-order valence-corrected chi connectivity index (χ2v) is 4.59. The second kappa shape index (κ2) is 4.89. The number of nitrogens with zero attached hydrogens (tertiary/aromatic N) is 2. The van der Waals surface area contributed by atoms with Gasteiger partial charge in [-0.3, -0.25) is 0 Å². The van der Waals surface area contributed by atoms with Gasteiger partial charge in [0.1, 0.15) is 17.4 Å². The molecule has 1 aromatic carbocycles. The number of rotatable bonds is 2. The van der Waals surface area contributed by atoms with Crippen LogP contribution < -0.4 is 4.74 Å². The molecule has 0 radical (unpaired) electrons. The molecule has 2 aromatic rings. The average Bonchev–Trinajstić information content (AvgIpc) is 2.89. The van der Waals surface area contributed by atoms with Gasteiger partial charge in [0.15, 0.2) is 11.6 Å². The highest BCUT2D eigenvalue weighted by Crippen LogP contribution is 2.30. The summed E-state index contributed by atoms with van der Waals surface area (Å²) in [6.45, 7) is 0. The number of nitriles is 1. The molecule has 3 rings (SSSR count). The largest absolute Gasteiger partial charge is 0.434 e. The third-order valence-corrected chi connectivity index (χ3v) is 3.24. The number of halogens is 2. The Kier molecular flexibility index (Phi) is 3.07. The molecule has 1 aromatic heterocycles. The molecule has 1 heterocycles. The van der Waals surface area contributed by atoms with Crippen molar-refractivity contribution < 1.29 is 13.5 Å². The fraction of sp³-hybridized carbons (Fsp3) is 0.200. The van der Waals surface area contributed by atoms with Gasteiger partial charge in [-0.2, -0.15) is 5.26 Å². The number of hydrogen-bond donors (Lipinski definition) is 0. The molecular weight excluding hydrogens is 262 g/mol. The molecule has 0 aliphatic heterocycles. The normalized spacial score (nSPS) is 12.8. The average molecular weight is 272 g/mol. The number of hydrogen-bond acceptors (Lipinski definition) is 3. The summed E-state index contributed by atoms with van der Waals surface area (Å²) in [5, 5.41) is 9.11. The van der Waals surface area contributed by atoms with Crippen molar-refractivity contribution in [3.8, 4) is 17.7 Å². The van der Waals surface area contributed by atoms with Crippen LogP contribution in [0.2, 0.25) is 0 Å². The fourth-order valence-electron chi connectivity index (χ4n) is 2.27. The van der Waals surface area contributed by atoms with Gasteiger partial charge in [0, 0.05) is 11.8 Å². The molecule has 0 spiro atoms. The highest BCUT2D eigenvalue weighted by Gasteiger charge is 2.18. The zero-order valence-corrected chi connectivity index (χ0v) is 10.5. The fourth-order valence-corrected chi connectivity index (χ4v) is 2.27. The van der Waals surface area contributed by atoms with Crippen LogP contribution in [-0.4, -0.2) is 4.98 Å². The van der Waals surface area contributed by atoms with Crippen LogP contribution in [0.4, 0.5) is 8.78 Å². The Hall–Kier alpha value is -2.48. The lowest BCUT2D eigenvalue weighted by molar-refractivity contribution is 0.420. The Bertz CT molecular complexity index is 723. The minimum Gasteiger partial charge on any atom is -0.434 e. The Balaban J connectivity index is 2.02. The van der Waals surface area contributed by atoms with Crippen molar-refractivity contribution in [2.45, 2.75) is 19.3 Å². The first-order valence-corrected chi connectivity index (χ1v) is 6.23. The van der Waals surface area contributed by atoms with Crippen LogP contribution in [0.15, 0.2) is 24.3 Å². The van der Waals surface area contributed by atoms with Crippen LogP contribution in [0.25, 0.3) is 0 Å². The van der Waals surface area contributed by atoms with Crippen molar-refractivity contribution in [1.29, 1.82) is 5.26 Å². The van der Waals surface area contributed by atoms with Crippen molar-refractivity contribution in [3.63, 3.8) is 0 Å². The van der Waals surface area contributed by atoms with Crippen molar-refractivity contribution in [2.24, 2.45) is 0 Å². The zero-order valence-electron chi connectivity index (χ0n) is 10.5. The summed E-state index contributed by atoms with van der Waals surface area (Å²) in [5.41, 5.74) is 2.11. The molecule has 3 nitrogen and oxygen atoms in total. The first kappa shape index (κ1) is 12.5. The molecule has 0 saturated carbocycles. The highest BCUT2D eigenvalue weighted by molar-refractivity contribution is 5.46. The molecule has 0 amide bonds. The minimum atomic E-state index is -0.697.